The van der Waals surface area contributed by atoms with E-state index in [9.17, 15) is 10.1 Å². The van der Waals surface area contributed by atoms with Gasteiger partial charge in [-0.25, -0.2) is 4.98 Å². The Kier molecular flexibility index (Phi) is 7.23. The zero-order valence-corrected chi connectivity index (χ0v) is 21.6. The molecule has 0 bridgehead atoms. The summed E-state index contributed by atoms with van der Waals surface area (Å²) in [4.78, 5) is 27.6. The smallest absolute Gasteiger partial charge is 0.270 e. The highest BCUT2D eigenvalue weighted by atomic mass is 16.5. The van der Waals surface area contributed by atoms with Crippen LogP contribution in [0.5, 0.6) is 0 Å². The second-order valence-corrected chi connectivity index (χ2v) is 11.0. The van der Waals surface area contributed by atoms with Crippen molar-refractivity contribution in [3.63, 3.8) is 0 Å². The van der Waals surface area contributed by atoms with Crippen LogP contribution in [0.15, 0.2) is 28.8 Å². The maximum Gasteiger partial charge on any atom is 0.270 e. The van der Waals surface area contributed by atoms with E-state index in [2.05, 4.69) is 32.2 Å². The number of fused-ring (bicyclic) bond motifs is 1. The predicted molar refractivity (Wildman–Crippen MR) is 142 cm³/mol. The molecule has 2 aromatic heterocycles. The third-order valence-corrected chi connectivity index (χ3v) is 8.82. The van der Waals surface area contributed by atoms with Crippen LogP contribution >= 0.6 is 0 Å². The van der Waals surface area contributed by atoms with Crippen LogP contribution < -0.4 is 10.9 Å². The minimum atomic E-state index is -0.233. The number of hydrogen-bond acceptors (Lipinski definition) is 8. The van der Waals surface area contributed by atoms with Crippen LogP contribution in [-0.2, 0) is 4.74 Å². The summed E-state index contributed by atoms with van der Waals surface area (Å²) in [7, 11) is 0. The second kappa shape index (κ2) is 10.9. The Morgan fingerprint density at radius 1 is 0.973 bits per heavy atom. The number of anilines is 1. The highest BCUT2D eigenvalue weighted by Crippen LogP contribution is 2.31. The van der Waals surface area contributed by atoms with Crippen molar-refractivity contribution in [2.75, 3.05) is 44.7 Å². The Balaban J connectivity index is 1.12. The van der Waals surface area contributed by atoms with E-state index in [0.29, 0.717) is 23.7 Å². The minimum Gasteiger partial charge on any atom is -0.379 e. The first kappa shape index (κ1) is 24.5. The van der Waals surface area contributed by atoms with E-state index < -0.39 is 0 Å². The van der Waals surface area contributed by atoms with Gasteiger partial charge in [-0.15, -0.1) is 0 Å². The zero-order valence-electron chi connectivity index (χ0n) is 21.6. The summed E-state index contributed by atoms with van der Waals surface area (Å²) in [6.07, 6.45) is 13.8. The first-order chi connectivity index (χ1) is 18.2. The van der Waals surface area contributed by atoms with Gasteiger partial charge in [0.25, 0.3) is 5.56 Å². The van der Waals surface area contributed by atoms with Gasteiger partial charge in [0, 0.05) is 48.5 Å². The van der Waals surface area contributed by atoms with Crippen LogP contribution in [0.3, 0.4) is 0 Å². The van der Waals surface area contributed by atoms with E-state index >= 15 is 0 Å². The summed E-state index contributed by atoms with van der Waals surface area (Å²) >= 11 is 0. The Hall–Kier alpha value is -2.80. The number of morpholine rings is 1. The monoisotopic (exact) mass is 503 g/mol. The number of allylic oxidation sites excluding steroid dienone is 1. The highest BCUT2D eigenvalue weighted by Gasteiger charge is 2.30. The average molecular weight is 504 g/mol. The predicted octanol–water partition coefficient (Wildman–Crippen LogP) is 3.42. The van der Waals surface area contributed by atoms with Gasteiger partial charge in [-0.2, -0.15) is 10.2 Å². The lowest BCUT2D eigenvalue weighted by atomic mass is 9.94. The molecular formula is C28H37N7O2. The van der Waals surface area contributed by atoms with Crippen molar-refractivity contribution in [3.8, 4) is 6.07 Å². The number of nitrogens with zero attached hydrogens (tertiary/aromatic N) is 6. The fourth-order valence-electron chi connectivity index (χ4n) is 6.73. The normalized spacial score (nSPS) is 24.7. The Bertz CT molecular complexity index is 1250. The summed E-state index contributed by atoms with van der Waals surface area (Å²) < 4.78 is 7.27. The zero-order chi connectivity index (χ0) is 25.2. The molecule has 2 aliphatic carbocycles. The number of likely N-dealkylation sites (tertiary alicyclic amines) is 1. The number of hydrogen-bond donors (Lipinski definition) is 1. The maximum absolute atomic E-state index is 13.0. The van der Waals surface area contributed by atoms with Gasteiger partial charge < -0.3 is 10.1 Å². The van der Waals surface area contributed by atoms with Gasteiger partial charge in [-0.05, 0) is 64.1 Å². The lowest BCUT2D eigenvalue weighted by molar-refractivity contribution is -0.00375. The van der Waals surface area contributed by atoms with Gasteiger partial charge >= 0.3 is 0 Å². The number of nitriles is 1. The first-order valence-corrected chi connectivity index (χ1v) is 14.0. The van der Waals surface area contributed by atoms with Gasteiger partial charge in [-0.1, -0.05) is 18.9 Å². The molecule has 0 radical (unpaired) electrons. The third-order valence-electron chi connectivity index (χ3n) is 8.82. The summed E-state index contributed by atoms with van der Waals surface area (Å²) in [5.74, 6) is 0.527. The quantitative estimate of drug-likeness (QED) is 0.663. The van der Waals surface area contributed by atoms with Crippen molar-refractivity contribution in [1.29, 1.82) is 5.26 Å². The number of ether oxygens (including phenoxy) is 1. The summed E-state index contributed by atoms with van der Waals surface area (Å²) in [5, 5.41) is 13.6. The molecule has 2 aliphatic heterocycles. The van der Waals surface area contributed by atoms with Crippen LogP contribution in [0.2, 0.25) is 0 Å². The van der Waals surface area contributed by atoms with Crippen LogP contribution in [0, 0.1) is 11.3 Å². The second-order valence-electron chi connectivity index (χ2n) is 11.0. The molecule has 4 aliphatic rings. The standard InChI is InChI=1S/C28H37N7O2/c29-18-20-17-21-19-30-28(32-26(21)35(27(20)36)25-3-1-2-4-25)31-22-5-7-23(8-6-22)33-11-9-24(10-12-33)34-13-15-37-16-14-34/h5,17,19,23-25H,1-4,6-16H2,(H,30,31,32). The molecule has 2 aromatic rings. The van der Waals surface area contributed by atoms with Gasteiger partial charge in [-0.3, -0.25) is 19.2 Å². The van der Waals surface area contributed by atoms with E-state index in [-0.39, 0.29) is 17.2 Å². The number of rotatable bonds is 5. The molecule has 9 nitrogen and oxygen atoms in total. The maximum atomic E-state index is 13.0. The lowest BCUT2D eigenvalue weighted by Crippen LogP contribution is -2.51. The topological polar surface area (TPSA) is 99.3 Å². The molecule has 6 rings (SSSR count). The number of nitrogens with one attached hydrogen (secondary N) is 1. The molecule has 196 valence electrons. The van der Waals surface area contributed by atoms with E-state index in [4.69, 9.17) is 9.72 Å². The molecule has 1 unspecified atom stereocenters. The van der Waals surface area contributed by atoms with Crippen LogP contribution in [0.1, 0.15) is 69.4 Å². The number of piperidine rings is 1. The largest absolute Gasteiger partial charge is 0.379 e. The molecule has 4 heterocycles. The molecule has 1 saturated carbocycles. The summed E-state index contributed by atoms with van der Waals surface area (Å²) in [6, 6.07) is 5.10. The first-order valence-electron chi connectivity index (χ1n) is 14.0. The summed E-state index contributed by atoms with van der Waals surface area (Å²) in [5.41, 5.74) is 1.72. The van der Waals surface area contributed by atoms with E-state index in [1.807, 2.05) is 0 Å². The minimum absolute atomic E-state index is 0.105. The molecule has 1 N–H and O–H groups in total. The van der Waals surface area contributed by atoms with Crippen molar-refractivity contribution in [2.24, 2.45) is 0 Å². The fourth-order valence-corrected chi connectivity index (χ4v) is 6.73. The molecular weight excluding hydrogens is 466 g/mol. The van der Waals surface area contributed by atoms with Crippen LogP contribution in [0.25, 0.3) is 11.0 Å². The fraction of sp³-hybridized carbons (Fsp3) is 0.643. The van der Waals surface area contributed by atoms with E-state index in [1.54, 1.807) is 16.8 Å². The van der Waals surface area contributed by atoms with Crippen molar-refractivity contribution < 1.29 is 4.74 Å². The molecule has 37 heavy (non-hydrogen) atoms. The van der Waals surface area contributed by atoms with Crippen LogP contribution in [-0.4, -0.2) is 75.8 Å². The van der Waals surface area contributed by atoms with E-state index in [0.717, 1.165) is 82.3 Å². The van der Waals surface area contributed by atoms with Crippen LogP contribution in [0.4, 0.5) is 5.95 Å². The van der Waals surface area contributed by atoms with Crippen molar-refractivity contribution in [2.45, 2.75) is 75.9 Å². The molecule has 1 atom stereocenters. The molecule has 0 spiro atoms. The molecule has 3 fully saturated rings. The highest BCUT2D eigenvalue weighted by molar-refractivity contribution is 5.77. The van der Waals surface area contributed by atoms with E-state index in [1.165, 1.54) is 25.9 Å². The third kappa shape index (κ3) is 5.15. The molecule has 0 amide bonds. The van der Waals surface area contributed by atoms with Crippen molar-refractivity contribution >= 4 is 17.0 Å². The SMILES string of the molecule is N#Cc1cc2cnc(NC3=CCC(N4CCC(N5CCOCC5)CC4)CC3)nc2n(C2CCCC2)c1=O. The molecule has 9 heteroatoms. The average Bonchev–Trinajstić information content (AvgIpc) is 3.48. The molecule has 0 aromatic carbocycles. The van der Waals surface area contributed by atoms with Gasteiger partial charge in [0.2, 0.25) is 5.95 Å². The van der Waals surface area contributed by atoms with Crippen molar-refractivity contribution in [1.82, 2.24) is 24.3 Å². The van der Waals surface area contributed by atoms with Gasteiger partial charge in [0.1, 0.15) is 17.3 Å². The lowest BCUT2D eigenvalue weighted by Gasteiger charge is -2.43. The molecule has 2 saturated heterocycles. The van der Waals surface area contributed by atoms with Crippen molar-refractivity contribution in [3.05, 3.63) is 40.0 Å². The Labute approximate surface area is 218 Å². The summed E-state index contributed by atoms with van der Waals surface area (Å²) in [6.45, 7) is 6.28. The Morgan fingerprint density at radius 3 is 2.43 bits per heavy atom. The van der Waals surface area contributed by atoms with Gasteiger partial charge in [0.05, 0.1) is 13.2 Å². The number of aromatic nitrogens is 3. The Morgan fingerprint density at radius 2 is 1.73 bits per heavy atom. The van der Waals surface area contributed by atoms with Gasteiger partial charge in [0.15, 0.2) is 0 Å². The number of pyridine rings is 1.